The van der Waals surface area contributed by atoms with Crippen LogP contribution < -0.4 is 10.6 Å². The second kappa shape index (κ2) is 11.7. The number of hydrogen-bond donors (Lipinski definition) is 2. The van der Waals surface area contributed by atoms with E-state index in [1.54, 1.807) is 0 Å². The molecular weight excluding hydrogens is 388 g/mol. The fourth-order valence-corrected chi connectivity index (χ4v) is 6.67. The molecule has 0 atom stereocenters. The molecule has 0 aliphatic heterocycles. The molecule has 0 aromatic carbocycles. The lowest BCUT2D eigenvalue weighted by Crippen LogP contribution is -2.35. The molecule has 0 saturated heterocycles. The molecule has 160 valence electrons. The molecule has 9 heteroatoms. The van der Waals surface area contributed by atoms with Gasteiger partial charge in [0.15, 0.2) is 0 Å². The maximum Gasteiger partial charge on any atom is 0.283 e. The molecular formula is C18H36N2O5S2. The van der Waals surface area contributed by atoms with E-state index in [4.69, 9.17) is 0 Å². The first-order valence-electron chi connectivity index (χ1n) is 10.5. The summed E-state index contributed by atoms with van der Waals surface area (Å²) in [4.78, 5) is 0. The minimum Gasteiger partial charge on any atom is -0.314 e. The van der Waals surface area contributed by atoms with Gasteiger partial charge in [0.05, 0.1) is 11.5 Å². The van der Waals surface area contributed by atoms with Gasteiger partial charge in [0.1, 0.15) is 0 Å². The van der Waals surface area contributed by atoms with Crippen molar-refractivity contribution in [2.75, 3.05) is 24.6 Å². The second-order valence-corrected chi connectivity index (χ2v) is 11.5. The van der Waals surface area contributed by atoms with Crippen LogP contribution in [0.25, 0.3) is 0 Å². The third-order valence-corrected chi connectivity index (χ3v) is 8.61. The van der Waals surface area contributed by atoms with Crippen LogP contribution in [-0.4, -0.2) is 53.5 Å². The van der Waals surface area contributed by atoms with E-state index in [2.05, 4.69) is 14.3 Å². The fourth-order valence-electron chi connectivity index (χ4n) is 3.94. The van der Waals surface area contributed by atoms with Gasteiger partial charge in [-0.15, -0.1) is 3.63 Å². The molecule has 0 amide bonds. The third-order valence-electron chi connectivity index (χ3n) is 5.46. The Morgan fingerprint density at radius 2 is 1.11 bits per heavy atom. The molecule has 0 radical (unpaired) electrons. The van der Waals surface area contributed by atoms with Crippen LogP contribution in [0.15, 0.2) is 0 Å². The molecule has 0 spiro atoms. The normalized spacial score (nSPS) is 20.7. The summed E-state index contributed by atoms with van der Waals surface area (Å²) in [5, 5.41) is 6.65. The van der Waals surface area contributed by atoms with Crippen molar-refractivity contribution in [2.45, 2.75) is 89.1 Å². The standard InChI is InChI=1S/C18H36N2O5S2/c21-26(22,15-8-7-13-19-17-9-3-1-4-10-17)25-27(23,24)16-14-20-18-11-5-2-6-12-18/h17-20H,1-16H2. The minimum atomic E-state index is -4.07. The van der Waals surface area contributed by atoms with Crippen LogP contribution in [0.5, 0.6) is 0 Å². The zero-order valence-electron chi connectivity index (χ0n) is 16.3. The molecule has 0 bridgehead atoms. The van der Waals surface area contributed by atoms with E-state index >= 15 is 0 Å². The Hall–Kier alpha value is -0.220. The molecule has 0 unspecified atom stereocenters. The first-order valence-corrected chi connectivity index (χ1v) is 13.6. The van der Waals surface area contributed by atoms with Crippen molar-refractivity contribution < 1.29 is 20.5 Å². The van der Waals surface area contributed by atoms with Crippen molar-refractivity contribution in [1.29, 1.82) is 0 Å². The Bertz CT molecular complexity index is 610. The van der Waals surface area contributed by atoms with Gasteiger partial charge in [0.2, 0.25) is 0 Å². The molecule has 0 aromatic rings. The van der Waals surface area contributed by atoms with Gasteiger partial charge in [-0.05, 0) is 45.1 Å². The maximum atomic E-state index is 11.9. The summed E-state index contributed by atoms with van der Waals surface area (Å²) in [5.74, 6) is -0.569. The highest BCUT2D eigenvalue weighted by Crippen LogP contribution is 2.18. The number of rotatable bonds is 12. The van der Waals surface area contributed by atoms with E-state index in [-0.39, 0.29) is 18.1 Å². The van der Waals surface area contributed by atoms with Crippen LogP contribution in [-0.2, 0) is 23.9 Å². The van der Waals surface area contributed by atoms with Gasteiger partial charge in [-0.3, -0.25) is 0 Å². The zero-order valence-corrected chi connectivity index (χ0v) is 18.0. The summed E-state index contributed by atoms with van der Waals surface area (Å²) >= 11 is 0. The largest absolute Gasteiger partial charge is 0.314 e. The molecule has 2 aliphatic rings. The molecule has 2 N–H and O–H groups in total. The highest BCUT2D eigenvalue weighted by Gasteiger charge is 2.23. The summed E-state index contributed by atoms with van der Waals surface area (Å²) in [6.07, 6.45) is 12.9. The van der Waals surface area contributed by atoms with Gasteiger partial charge in [0.25, 0.3) is 20.2 Å². The molecule has 2 fully saturated rings. The first kappa shape index (κ1) is 23.1. The summed E-state index contributed by atoms with van der Waals surface area (Å²) < 4.78 is 52.2. The Kier molecular flexibility index (Phi) is 10.00. The summed E-state index contributed by atoms with van der Waals surface area (Å²) in [5.41, 5.74) is 0. The van der Waals surface area contributed by atoms with Crippen molar-refractivity contribution in [3.63, 3.8) is 0 Å². The SMILES string of the molecule is O=S(=O)(CCCCNC1CCCCC1)OS(=O)(=O)CCNC1CCCCC1. The highest BCUT2D eigenvalue weighted by molar-refractivity contribution is 7.99. The zero-order chi connectivity index (χ0) is 19.6. The molecule has 7 nitrogen and oxygen atoms in total. The van der Waals surface area contributed by atoms with Crippen molar-refractivity contribution >= 4 is 20.2 Å². The molecule has 0 aromatic heterocycles. The lowest BCUT2D eigenvalue weighted by molar-refractivity contribution is 0.371. The monoisotopic (exact) mass is 424 g/mol. The van der Waals surface area contributed by atoms with Crippen LogP contribution in [0, 0.1) is 0 Å². The lowest BCUT2D eigenvalue weighted by atomic mass is 9.95. The molecule has 2 aliphatic carbocycles. The quantitative estimate of drug-likeness (QED) is 0.463. The molecule has 2 saturated carbocycles. The van der Waals surface area contributed by atoms with E-state index < -0.39 is 20.2 Å². The first-order chi connectivity index (χ1) is 12.9. The van der Waals surface area contributed by atoms with E-state index in [0.717, 1.165) is 32.2 Å². The van der Waals surface area contributed by atoms with E-state index in [1.165, 1.54) is 38.5 Å². The summed E-state index contributed by atoms with van der Waals surface area (Å²) in [7, 11) is -8.11. The Labute approximate surface area is 165 Å². The minimum absolute atomic E-state index is 0.230. The van der Waals surface area contributed by atoms with E-state index in [9.17, 15) is 16.8 Å². The van der Waals surface area contributed by atoms with Crippen molar-refractivity contribution in [2.24, 2.45) is 0 Å². The van der Waals surface area contributed by atoms with Gasteiger partial charge >= 0.3 is 0 Å². The van der Waals surface area contributed by atoms with Gasteiger partial charge in [-0.1, -0.05) is 38.5 Å². The summed E-state index contributed by atoms with van der Waals surface area (Å²) in [6.45, 7) is 0.992. The predicted molar refractivity (Wildman–Crippen MR) is 108 cm³/mol. The van der Waals surface area contributed by atoms with Crippen LogP contribution in [0.3, 0.4) is 0 Å². The van der Waals surface area contributed by atoms with Crippen LogP contribution in [0.4, 0.5) is 0 Å². The van der Waals surface area contributed by atoms with E-state index in [0.29, 0.717) is 24.9 Å². The van der Waals surface area contributed by atoms with E-state index in [1.807, 2.05) is 0 Å². The van der Waals surface area contributed by atoms with Gasteiger partial charge in [-0.2, -0.15) is 16.8 Å². The van der Waals surface area contributed by atoms with Gasteiger partial charge < -0.3 is 10.6 Å². The van der Waals surface area contributed by atoms with Crippen LogP contribution in [0.2, 0.25) is 0 Å². The number of nitrogens with one attached hydrogen (secondary N) is 2. The number of hydrogen-bond acceptors (Lipinski definition) is 7. The topological polar surface area (TPSA) is 102 Å². The van der Waals surface area contributed by atoms with Gasteiger partial charge in [-0.25, -0.2) is 0 Å². The van der Waals surface area contributed by atoms with Crippen molar-refractivity contribution in [3.8, 4) is 0 Å². The molecule has 27 heavy (non-hydrogen) atoms. The van der Waals surface area contributed by atoms with Crippen LogP contribution >= 0.6 is 0 Å². The maximum absolute atomic E-state index is 11.9. The number of unbranched alkanes of at least 4 members (excludes halogenated alkanes) is 1. The Morgan fingerprint density at radius 1 is 0.630 bits per heavy atom. The third kappa shape index (κ3) is 10.2. The smallest absolute Gasteiger partial charge is 0.283 e. The summed E-state index contributed by atoms with van der Waals surface area (Å²) in [6, 6.07) is 0.880. The Balaban J connectivity index is 1.58. The average Bonchev–Trinajstić information content (AvgIpc) is 2.62. The Morgan fingerprint density at radius 3 is 1.67 bits per heavy atom. The second-order valence-electron chi connectivity index (χ2n) is 7.88. The average molecular weight is 425 g/mol. The molecule has 0 heterocycles. The van der Waals surface area contributed by atoms with Crippen molar-refractivity contribution in [3.05, 3.63) is 0 Å². The van der Waals surface area contributed by atoms with Crippen LogP contribution in [0.1, 0.15) is 77.0 Å². The van der Waals surface area contributed by atoms with Crippen molar-refractivity contribution in [1.82, 2.24) is 10.6 Å². The molecule has 2 rings (SSSR count). The lowest BCUT2D eigenvalue weighted by Gasteiger charge is -2.22. The fraction of sp³-hybridized carbons (Fsp3) is 1.00. The predicted octanol–water partition coefficient (Wildman–Crippen LogP) is 2.29. The van der Waals surface area contributed by atoms with Gasteiger partial charge in [0, 0.05) is 18.6 Å². The highest BCUT2D eigenvalue weighted by atomic mass is 32.3.